The Morgan fingerprint density at radius 3 is 2.56 bits per heavy atom. The molecule has 7 nitrogen and oxygen atoms in total. The Hall–Kier alpha value is -2.57. The number of likely N-dealkylation sites (N-methyl/N-ethyl adjacent to an activating group) is 1. The maximum Gasteiger partial charge on any atom is 0.329 e. The van der Waals surface area contributed by atoms with Gasteiger partial charge in [0.2, 0.25) is 5.91 Å². The molecule has 1 heterocycles. The van der Waals surface area contributed by atoms with Crippen molar-refractivity contribution < 1.29 is 19.1 Å². The molecule has 1 aliphatic heterocycles. The molecule has 0 spiro atoms. The third-order valence-electron chi connectivity index (χ3n) is 4.12. The van der Waals surface area contributed by atoms with Crippen molar-refractivity contribution >= 4 is 17.9 Å². The minimum atomic E-state index is -0.707. The summed E-state index contributed by atoms with van der Waals surface area (Å²) in [6.07, 6.45) is 0. The highest BCUT2D eigenvalue weighted by molar-refractivity contribution is 5.88. The molecule has 1 N–H and O–H groups in total. The van der Waals surface area contributed by atoms with Crippen LogP contribution in [0, 0.1) is 5.92 Å². The van der Waals surface area contributed by atoms with Crippen molar-refractivity contribution in [3.05, 3.63) is 35.9 Å². The second-order valence-electron chi connectivity index (χ2n) is 6.45. The number of rotatable bonds is 5. The number of hydrogen-bond donors (Lipinski definition) is 1. The van der Waals surface area contributed by atoms with Gasteiger partial charge < -0.3 is 19.9 Å². The first-order valence-corrected chi connectivity index (χ1v) is 8.39. The van der Waals surface area contributed by atoms with E-state index in [9.17, 15) is 14.4 Å². The second kappa shape index (κ2) is 8.50. The molecule has 0 aromatic heterocycles. The quantitative estimate of drug-likeness (QED) is 0.813. The number of carbonyl (C=O) groups is 3. The van der Waals surface area contributed by atoms with Crippen molar-refractivity contribution in [2.24, 2.45) is 5.92 Å². The van der Waals surface area contributed by atoms with E-state index in [4.69, 9.17) is 4.74 Å². The van der Waals surface area contributed by atoms with E-state index in [-0.39, 0.29) is 31.0 Å². The number of benzene rings is 1. The SMILES string of the molecule is CC(C)[C@@H](C(=O)OCc1ccccc1)N(C)C(=O)N1CCNC(=O)C1. The molecule has 3 amide bonds. The fourth-order valence-electron chi connectivity index (χ4n) is 2.84. The molecular formula is C18H25N3O4. The summed E-state index contributed by atoms with van der Waals surface area (Å²) < 4.78 is 5.40. The number of piperazine rings is 1. The molecular weight excluding hydrogens is 322 g/mol. The summed E-state index contributed by atoms with van der Waals surface area (Å²) in [5, 5.41) is 2.68. The zero-order valence-corrected chi connectivity index (χ0v) is 14.9. The normalized spacial score (nSPS) is 15.5. The van der Waals surface area contributed by atoms with Gasteiger partial charge in [0.1, 0.15) is 19.2 Å². The lowest BCUT2D eigenvalue weighted by molar-refractivity contribution is -0.151. The van der Waals surface area contributed by atoms with Crippen LogP contribution < -0.4 is 5.32 Å². The van der Waals surface area contributed by atoms with Crippen LogP contribution in [0.25, 0.3) is 0 Å². The Bertz CT molecular complexity index is 618. The zero-order valence-electron chi connectivity index (χ0n) is 14.9. The lowest BCUT2D eigenvalue weighted by Gasteiger charge is -2.35. The third-order valence-corrected chi connectivity index (χ3v) is 4.12. The molecule has 1 aliphatic rings. The maximum absolute atomic E-state index is 12.6. The molecule has 0 bridgehead atoms. The Kier molecular flexibility index (Phi) is 6.38. The smallest absolute Gasteiger partial charge is 0.329 e. The fraction of sp³-hybridized carbons (Fsp3) is 0.500. The molecule has 1 aromatic carbocycles. The van der Waals surface area contributed by atoms with Crippen LogP contribution in [0.3, 0.4) is 0 Å². The number of ether oxygens (including phenoxy) is 1. The number of nitrogens with one attached hydrogen (secondary N) is 1. The van der Waals surface area contributed by atoms with E-state index >= 15 is 0 Å². The molecule has 25 heavy (non-hydrogen) atoms. The largest absolute Gasteiger partial charge is 0.459 e. The Morgan fingerprint density at radius 1 is 1.28 bits per heavy atom. The van der Waals surface area contributed by atoms with E-state index in [1.54, 1.807) is 7.05 Å². The van der Waals surface area contributed by atoms with E-state index in [0.717, 1.165) is 5.56 Å². The Labute approximate surface area is 147 Å². The topological polar surface area (TPSA) is 79.0 Å². The van der Waals surface area contributed by atoms with Gasteiger partial charge in [-0.2, -0.15) is 0 Å². The van der Waals surface area contributed by atoms with Crippen LogP contribution in [0.15, 0.2) is 30.3 Å². The van der Waals surface area contributed by atoms with Gasteiger partial charge in [0, 0.05) is 20.1 Å². The van der Waals surface area contributed by atoms with Crippen molar-refractivity contribution in [3.63, 3.8) is 0 Å². The van der Waals surface area contributed by atoms with Crippen molar-refractivity contribution in [1.82, 2.24) is 15.1 Å². The molecule has 2 rings (SSSR count). The monoisotopic (exact) mass is 347 g/mol. The molecule has 1 saturated heterocycles. The standard InChI is InChI=1S/C18H25N3O4/c1-13(2)16(17(23)25-12-14-7-5-4-6-8-14)20(3)18(24)21-10-9-19-15(22)11-21/h4-8,13,16H,9-12H2,1-3H3,(H,19,22)/t16-/m0/s1. The van der Waals surface area contributed by atoms with E-state index in [1.165, 1.54) is 9.80 Å². The lowest BCUT2D eigenvalue weighted by Crippen LogP contribution is -2.57. The minimum Gasteiger partial charge on any atom is -0.459 e. The molecule has 1 atom stereocenters. The van der Waals surface area contributed by atoms with Gasteiger partial charge in [-0.25, -0.2) is 9.59 Å². The average Bonchev–Trinajstić information content (AvgIpc) is 2.60. The number of nitrogens with zero attached hydrogens (tertiary/aromatic N) is 2. The van der Waals surface area contributed by atoms with Gasteiger partial charge in [-0.15, -0.1) is 0 Å². The first kappa shape index (κ1) is 18.8. The van der Waals surface area contributed by atoms with Gasteiger partial charge in [-0.1, -0.05) is 44.2 Å². The second-order valence-corrected chi connectivity index (χ2v) is 6.45. The fourth-order valence-corrected chi connectivity index (χ4v) is 2.84. The van der Waals surface area contributed by atoms with Crippen molar-refractivity contribution in [1.29, 1.82) is 0 Å². The third kappa shape index (κ3) is 4.95. The van der Waals surface area contributed by atoms with E-state index in [1.807, 2.05) is 44.2 Å². The summed E-state index contributed by atoms with van der Waals surface area (Å²) in [5.74, 6) is -0.757. The predicted molar refractivity (Wildman–Crippen MR) is 92.6 cm³/mol. The summed E-state index contributed by atoms with van der Waals surface area (Å²) >= 11 is 0. The number of urea groups is 1. The summed E-state index contributed by atoms with van der Waals surface area (Å²) in [4.78, 5) is 39.5. The number of carbonyl (C=O) groups excluding carboxylic acids is 3. The lowest BCUT2D eigenvalue weighted by atomic mass is 10.0. The highest BCUT2D eigenvalue weighted by atomic mass is 16.5. The van der Waals surface area contributed by atoms with Crippen LogP contribution in [-0.4, -0.2) is 60.4 Å². The number of hydrogen-bond acceptors (Lipinski definition) is 4. The van der Waals surface area contributed by atoms with Gasteiger partial charge in [-0.05, 0) is 11.5 Å². The highest BCUT2D eigenvalue weighted by Crippen LogP contribution is 2.15. The van der Waals surface area contributed by atoms with Crippen LogP contribution in [-0.2, 0) is 20.9 Å². The van der Waals surface area contributed by atoms with Crippen LogP contribution in [0.4, 0.5) is 4.79 Å². The Morgan fingerprint density at radius 2 is 1.96 bits per heavy atom. The zero-order chi connectivity index (χ0) is 18.4. The van der Waals surface area contributed by atoms with Gasteiger partial charge in [-0.3, -0.25) is 4.79 Å². The van der Waals surface area contributed by atoms with E-state index < -0.39 is 12.0 Å². The minimum absolute atomic E-state index is 0.00700. The van der Waals surface area contributed by atoms with Crippen LogP contribution in [0.1, 0.15) is 19.4 Å². The van der Waals surface area contributed by atoms with Gasteiger partial charge >= 0.3 is 12.0 Å². The first-order valence-electron chi connectivity index (χ1n) is 8.39. The number of esters is 1. The van der Waals surface area contributed by atoms with E-state index in [0.29, 0.717) is 13.1 Å². The molecule has 1 aromatic rings. The Balaban J connectivity index is 2.01. The van der Waals surface area contributed by atoms with Crippen LogP contribution >= 0.6 is 0 Å². The van der Waals surface area contributed by atoms with Crippen LogP contribution in [0.2, 0.25) is 0 Å². The first-order chi connectivity index (χ1) is 11.9. The van der Waals surface area contributed by atoms with Crippen molar-refractivity contribution in [2.75, 3.05) is 26.7 Å². The summed E-state index contributed by atoms with van der Waals surface area (Å²) in [7, 11) is 1.57. The molecule has 136 valence electrons. The molecule has 0 radical (unpaired) electrons. The predicted octanol–water partition coefficient (Wildman–Crippen LogP) is 1.24. The van der Waals surface area contributed by atoms with Crippen LogP contribution in [0.5, 0.6) is 0 Å². The molecule has 7 heteroatoms. The highest BCUT2D eigenvalue weighted by Gasteiger charge is 2.34. The van der Waals surface area contributed by atoms with Crippen molar-refractivity contribution in [3.8, 4) is 0 Å². The molecule has 0 aliphatic carbocycles. The van der Waals surface area contributed by atoms with E-state index in [2.05, 4.69) is 5.32 Å². The maximum atomic E-state index is 12.6. The summed E-state index contributed by atoms with van der Waals surface area (Å²) in [5.41, 5.74) is 0.889. The summed E-state index contributed by atoms with van der Waals surface area (Å²) in [6.45, 7) is 4.74. The summed E-state index contributed by atoms with van der Waals surface area (Å²) in [6, 6.07) is 8.34. The van der Waals surface area contributed by atoms with Gasteiger partial charge in [0.05, 0.1) is 0 Å². The van der Waals surface area contributed by atoms with Gasteiger partial charge in [0.25, 0.3) is 0 Å². The molecule has 1 fully saturated rings. The molecule has 0 unspecified atom stereocenters. The average molecular weight is 347 g/mol. The van der Waals surface area contributed by atoms with Crippen molar-refractivity contribution in [2.45, 2.75) is 26.5 Å². The number of amides is 3. The van der Waals surface area contributed by atoms with Gasteiger partial charge in [0.15, 0.2) is 0 Å². The molecule has 0 saturated carbocycles.